The van der Waals surface area contributed by atoms with Crippen LogP contribution in [0.15, 0.2) is 58.9 Å². The third kappa shape index (κ3) is 5.63. The van der Waals surface area contributed by atoms with Crippen LogP contribution in [0.1, 0.15) is 68.9 Å². The van der Waals surface area contributed by atoms with E-state index in [2.05, 4.69) is 0 Å². The van der Waals surface area contributed by atoms with Crippen molar-refractivity contribution in [2.75, 3.05) is 13.2 Å². The van der Waals surface area contributed by atoms with E-state index in [9.17, 15) is 19.5 Å². The van der Waals surface area contributed by atoms with Crippen LogP contribution in [-0.2, 0) is 21.0 Å². The lowest BCUT2D eigenvalue weighted by Gasteiger charge is -2.44. The second-order valence-electron chi connectivity index (χ2n) is 10.2. The van der Waals surface area contributed by atoms with Crippen LogP contribution >= 0.6 is 23.2 Å². The number of ketones is 2. The van der Waals surface area contributed by atoms with Crippen molar-refractivity contribution in [3.63, 3.8) is 0 Å². The third-order valence-electron chi connectivity index (χ3n) is 7.63. The Morgan fingerprint density at radius 2 is 1.60 bits per heavy atom. The van der Waals surface area contributed by atoms with E-state index in [1.165, 1.54) is 0 Å². The van der Waals surface area contributed by atoms with E-state index >= 15 is 0 Å². The first kappa shape index (κ1) is 28.2. The van der Waals surface area contributed by atoms with E-state index in [0.717, 1.165) is 22.5 Å². The first-order valence-corrected chi connectivity index (χ1v) is 14.4. The average molecular weight is 584 g/mol. The molecule has 210 valence electrons. The third-order valence-corrected chi connectivity index (χ3v) is 8.22. The number of benzene rings is 2. The first-order valence-electron chi connectivity index (χ1n) is 13.6. The second-order valence-corrected chi connectivity index (χ2v) is 11.0. The summed E-state index contributed by atoms with van der Waals surface area (Å²) in [7, 11) is 0. The Labute approximate surface area is 243 Å². The first-order chi connectivity index (χ1) is 19.3. The number of hydrogen-bond acceptors (Lipinski definition) is 6. The molecule has 0 spiro atoms. The Hall–Kier alpha value is -3.29. The molecular formula is C31H31Cl2NO6. The number of carboxylic acids is 1. The van der Waals surface area contributed by atoms with Crippen LogP contribution in [0.25, 0.3) is 0 Å². The Morgan fingerprint density at radius 1 is 0.925 bits per heavy atom. The number of carbonyl (C=O) groups excluding carboxylic acids is 2. The monoisotopic (exact) mass is 583 g/mol. The van der Waals surface area contributed by atoms with Crippen LogP contribution in [0.2, 0.25) is 10.0 Å². The van der Waals surface area contributed by atoms with E-state index in [0.29, 0.717) is 77.8 Å². The highest BCUT2D eigenvalue weighted by atomic mass is 35.5. The van der Waals surface area contributed by atoms with Crippen LogP contribution in [0.5, 0.6) is 11.5 Å². The van der Waals surface area contributed by atoms with Gasteiger partial charge in [-0.1, -0.05) is 35.3 Å². The van der Waals surface area contributed by atoms with Crippen molar-refractivity contribution in [2.24, 2.45) is 0 Å². The maximum absolute atomic E-state index is 13.5. The van der Waals surface area contributed by atoms with Gasteiger partial charge < -0.3 is 19.5 Å². The smallest absolute Gasteiger partial charge is 0.305 e. The molecule has 0 atom stereocenters. The number of carbonyl (C=O) groups is 3. The Balaban J connectivity index is 1.56. The zero-order chi connectivity index (χ0) is 28.4. The largest absolute Gasteiger partial charge is 0.490 e. The summed E-state index contributed by atoms with van der Waals surface area (Å²) in [6.07, 6.45) is 3.48. The molecule has 1 N–H and O–H groups in total. The van der Waals surface area contributed by atoms with E-state index in [1.807, 2.05) is 36.1 Å². The molecular weight excluding hydrogens is 553 g/mol. The van der Waals surface area contributed by atoms with Crippen LogP contribution in [-0.4, -0.2) is 40.7 Å². The van der Waals surface area contributed by atoms with Gasteiger partial charge in [-0.2, -0.15) is 0 Å². The summed E-state index contributed by atoms with van der Waals surface area (Å²) in [6.45, 7) is 2.72. The van der Waals surface area contributed by atoms with Crippen LogP contribution in [0.4, 0.5) is 0 Å². The molecule has 0 unspecified atom stereocenters. The van der Waals surface area contributed by atoms with Gasteiger partial charge >= 0.3 is 5.97 Å². The molecule has 0 bridgehead atoms. The summed E-state index contributed by atoms with van der Waals surface area (Å²) in [5, 5.41) is 10.4. The molecule has 2 aromatic rings. The molecule has 40 heavy (non-hydrogen) atoms. The highest BCUT2D eigenvalue weighted by molar-refractivity contribution is 6.35. The van der Waals surface area contributed by atoms with E-state index < -0.39 is 11.9 Å². The van der Waals surface area contributed by atoms with E-state index in [4.69, 9.17) is 32.7 Å². The lowest BCUT2D eigenvalue weighted by Crippen LogP contribution is -2.39. The van der Waals surface area contributed by atoms with Crippen molar-refractivity contribution < 1.29 is 29.0 Å². The minimum atomic E-state index is -0.910. The molecule has 0 saturated carbocycles. The fourth-order valence-corrected chi connectivity index (χ4v) is 6.38. The molecule has 5 rings (SSSR count). The maximum atomic E-state index is 13.5. The molecule has 0 saturated heterocycles. The SMILES string of the molecule is CCOc1cc(C2C3=C(CCCC3=O)N(CCC(=O)O)C3=C2C(=O)CCC3)ccc1OCc1ccc(Cl)cc1Cl. The minimum Gasteiger partial charge on any atom is -0.490 e. The topological polar surface area (TPSA) is 93.1 Å². The molecule has 3 aliphatic rings. The number of aliphatic carboxylic acids is 1. The molecule has 0 aromatic heterocycles. The number of allylic oxidation sites excluding steroid dienone is 4. The van der Waals surface area contributed by atoms with Crippen LogP contribution in [0, 0.1) is 0 Å². The Bertz CT molecular complexity index is 1380. The lowest BCUT2D eigenvalue weighted by atomic mass is 9.71. The van der Waals surface area contributed by atoms with Crippen LogP contribution < -0.4 is 9.47 Å². The van der Waals surface area contributed by atoms with Crippen molar-refractivity contribution in [1.82, 2.24) is 4.90 Å². The van der Waals surface area contributed by atoms with Crippen LogP contribution in [0.3, 0.4) is 0 Å². The maximum Gasteiger partial charge on any atom is 0.305 e. The number of halogens is 2. The molecule has 9 heteroatoms. The number of nitrogens with zero attached hydrogens (tertiary/aromatic N) is 1. The number of rotatable bonds is 9. The predicted molar refractivity (Wildman–Crippen MR) is 152 cm³/mol. The molecule has 7 nitrogen and oxygen atoms in total. The van der Waals surface area contributed by atoms with E-state index in [1.54, 1.807) is 12.1 Å². The number of ether oxygens (including phenoxy) is 2. The van der Waals surface area contributed by atoms with Gasteiger partial charge in [0.25, 0.3) is 0 Å². The second kappa shape index (κ2) is 12.1. The quantitative estimate of drug-likeness (QED) is 0.344. The molecule has 0 fully saturated rings. The standard InChI is InChI=1S/C31H31Cl2NO6/c1-2-39-27-15-18(10-12-26(27)40-17-19-9-11-20(32)16-21(19)33)29-30-22(5-3-7-24(30)35)34(14-13-28(37)38)23-6-4-8-25(36)31(23)29/h9-12,15-16,29H,2-8,13-14,17H2,1H3,(H,37,38). The Morgan fingerprint density at radius 3 is 2.20 bits per heavy atom. The summed E-state index contributed by atoms with van der Waals surface area (Å²) in [6, 6.07) is 10.8. The Kier molecular flexibility index (Phi) is 8.52. The van der Waals surface area contributed by atoms with Gasteiger partial charge in [0, 0.05) is 63.5 Å². The fraction of sp³-hybridized carbons (Fsp3) is 0.387. The minimum absolute atomic E-state index is 0.00663. The van der Waals surface area contributed by atoms with Crippen molar-refractivity contribution in [2.45, 2.75) is 64.4 Å². The zero-order valence-electron chi connectivity index (χ0n) is 22.3. The summed E-state index contributed by atoms with van der Waals surface area (Å²) in [4.78, 5) is 40.3. The number of hydrogen-bond donors (Lipinski definition) is 1. The van der Waals surface area contributed by atoms with Gasteiger partial charge in [-0.25, -0.2) is 0 Å². The van der Waals surface area contributed by atoms with E-state index in [-0.39, 0.29) is 31.1 Å². The highest BCUT2D eigenvalue weighted by Gasteiger charge is 2.43. The molecule has 2 aliphatic carbocycles. The van der Waals surface area contributed by atoms with Crippen molar-refractivity contribution in [3.05, 3.63) is 80.1 Å². The van der Waals surface area contributed by atoms with Gasteiger partial charge in [-0.3, -0.25) is 14.4 Å². The normalized spacial score (nSPS) is 17.6. The summed E-state index contributed by atoms with van der Waals surface area (Å²) < 4.78 is 12.1. The molecule has 1 heterocycles. The summed E-state index contributed by atoms with van der Waals surface area (Å²) in [5.41, 5.74) is 4.47. The summed E-state index contributed by atoms with van der Waals surface area (Å²) in [5.74, 6) is -0.393. The van der Waals surface area contributed by atoms with Crippen molar-refractivity contribution >= 4 is 40.7 Å². The van der Waals surface area contributed by atoms with Gasteiger partial charge in [-0.15, -0.1) is 0 Å². The van der Waals surface area contributed by atoms with Gasteiger partial charge in [0.05, 0.1) is 13.0 Å². The summed E-state index contributed by atoms with van der Waals surface area (Å²) >= 11 is 12.3. The van der Waals surface area contributed by atoms with Crippen molar-refractivity contribution in [3.8, 4) is 11.5 Å². The molecule has 2 aromatic carbocycles. The van der Waals surface area contributed by atoms with Gasteiger partial charge in [0.1, 0.15) is 6.61 Å². The molecule has 1 aliphatic heterocycles. The van der Waals surface area contributed by atoms with Gasteiger partial charge in [0.2, 0.25) is 0 Å². The van der Waals surface area contributed by atoms with Gasteiger partial charge in [-0.05, 0) is 62.4 Å². The highest BCUT2D eigenvalue weighted by Crippen LogP contribution is 2.50. The number of carboxylic acid groups (broad SMARTS) is 1. The number of Topliss-reactive ketones (excluding diaryl/α,β-unsaturated/α-hetero) is 2. The van der Waals surface area contributed by atoms with Crippen molar-refractivity contribution in [1.29, 1.82) is 0 Å². The fourth-order valence-electron chi connectivity index (χ4n) is 5.91. The lowest BCUT2D eigenvalue weighted by molar-refractivity contribution is -0.137. The zero-order valence-corrected chi connectivity index (χ0v) is 23.8. The predicted octanol–water partition coefficient (Wildman–Crippen LogP) is 6.86. The molecule has 0 radical (unpaired) electrons. The average Bonchev–Trinajstić information content (AvgIpc) is 2.92. The molecule has 0 amide bonds. The van der Waals surface area contributed by atoms with Gasteiger partial charge in [0.15, 0.2) is 23.1 Å².